The fourth-order valence-corrected chi connectivity index (χ4v) is 3.83. The minimum atomic E-state index is -3.43. The highest BCUT2D eigenvalue weighted by Gasteiger charge is 2.23. The third kappa shape index (κ3) is 4.69. The Bertz CT molecular complexity index is 543. The summed E-state index contributed by atoms with van der Waals surface area (Å²) in [5.74, 6) is 1.80. The van der Waals surface area contributed by atoms with Gasteiger partial charge in [-0.2, -0.15) is 0 Å². The van der Waals surface area contributed by atoms with E-state index in [-0.39, 0.29) is 4.90 Å². The number of ether oxygens (including phenoxy) is 1. The summed E-state index contributed by atoms with van der Waals surface area (Å²) in [5.41, 5.74) is 5.35. The minimum Gasteiger partial charge on any atom is -0.492 e. The van der Waals surface area contributed by atoms with Gasteiger partial charge in [0.1, 0.15) is 12.4 Å². The van der Waals surface area contributed by atoms with Gasteiger partial charge in [-0.05, 0) is 48.9 Å². The maximum atomic E-state index is 12.2. The summed E-state index contributed by atoms with van der Waals surface area (Å²) in [4.78, 5) is 0.272. The summed E-state index contributed by atoms with van der Waals surface area (Å²) in [5, 5.41) is 0. The molecule has 0 aliphatic heterocycles. The molecule has 1 saturated carbocycles. The van der Waals surface area contributed by atoms with Crippen molar-refractivity contribution in [3.63, 3.8) is 0 Å². The Hall–Kier alpha value is -1.11. The first-order chi connectivity index (χ1) is 10.0. The monoisotopic (exact) mass is 312 g/mol. The van der Waals surface area contributed by atoms with Gasteiger partial charge in [-0.25, -0.2) is 13.1 Å². The van der Waals surface area contributed by atoms with Crippen molar-refractivity contribution in [3.05, 3.63) is 24.3 Å². The molecule has 118 valence electrons. The van der Waals surface area contributed by atoms with Gasteiger partial charge in [0.25, 0.3) is 0 Å². The van der Waals surface area contributed by atoms with Crippen molar-refractivity contribution in [3.8, 4) is 5.75 Å². The van der Waals surface area contributed by atoms with Crippen LogP contribution in [0.5, 0.6) is 5.75 Å². The minimum absolute atomic E-state index is 0.272. The molecule has 2 unspecified atom stereocenters. The first kappa shape index (κ1) is 16.3. The standard InChI is InChI=1S/C15H24N2O3S/c1-12-2-3-13(10-12)11-17-21(18,19)15-6-4-14(5-7-15)20-9-8-16/h4-7,12-13,17H,2-3,8-11,16H2,1H3. The fraction of sp³-hybridized carbons (Fsp3) is 0.600. The summed E-state index contributed by atoms with van der Waals surface area (Å²) < 4.78 is 32.5. The van der Waals surface area contributed by atoms with Crippen molar-refractivity contribution in [1.82, 2.24) is 4.72 Å². The van der Waals surface area contributed by atoms with Crippen molar-refractivity contribution in [1.29, 1.82) is 0 Å². The molecule has 2 atom stereocenters. The zero-order valence-corrected chi connectivity index (χ0v) is 13.2. The van der Waals surface area contributed by atoms with E-state index in [4.69, 9.17) is 10.5 Å². The second-order valence-electron chi connectivity index (χ2n) is 5.74. The highest BCUT2D eigenvalue weighted by atomic mass is 32.2. The van der Waals surface area contributed by atoms with Crippen LogP contribution in [0.4, 0.5) is 0 Å². The van der Waals surface area contributed by atoms with Crippen molar-refractivity contribution < 1.29 is 13.2 Å². The Kier molecular flexibility index (Phi) is 5.61. The predicted molar refractivity (Wildman–Crippen MR) is 82.7 cm³/mol. The SMILES string of the molecule is CC1CCC(CNS(=O)(=O)c2ccc(OCCN)cc2)C1. The summed E-state index contributed by atoms with van der Waals surface area (Å²) in [7, 11) is -3.43. The van der Waals surface area contributed by atoms with E-state index in [1.807, 2.05) is 0 Å². The molecular formula is C15H24N2O3S. The molecule has 0 aromatic heterocycles. The quantitative estimate of drug-likeness (QED) is 0.803. The Morgan fingerprint density at radius 1 is 1.29 bits per heavy atom. The van der Waals surface area contributed by atoms with Crippen molar-refractivity contribution in [2.24, 2.45) is 17.6 Å². The lowest BCUT2D eigenvalue weighted by Gasteiger charge is -2.12. The Morgan fingerprint density at radius 3 is 2.57 bits per heavy atom. The van der Waals surface area contributed by atoms with E-state index in [2.05, 4.69) is 11.6 Å². The normalized spacial score (nSPS) is 22.4. The van der Waals surface area contributed by atoms with Gasteiger partial charge in [-0.15, -0.1) is 0 Å². The molecule has 1 fully saturated rings. The van der Waals surface area contributed by atoms with Gasteiger partial charge in [0.2, 0.25) is 10.0 Å². The summed E-state index contributed by atoms with van der Waals surface area (Å²) in [6.45, 7) is 3.60. The van der Waals surface area contributed by atoms with Crippen LogP contribution in [0.15, 0.2) is 29.2 Å². The van der Waals surface area contributed by atoms with Crippen LogP contribution < -0.4 is 15.2 Å². The second kappa shape index (κ2) is 7.24. The van der Waals surface area contributed by atoms with Crippen LogP contribution in [-0.2, 0) is 10.0 Å². The molecule has 2 rings (SSSR count). The van der Waals surface area contributed by atoms with E-state index in [0.29, 0.717) is 37.3 Å². The number of hydrogen-bond acceptors (Lipinski definition) is 4. The van der Waals surface area contributed by atoms with Gasteiger partial charge in [-0.1, -0.05) is 13.3 Å². The molecule has 1 aliphatic rings. The summed E-state index contributed by atoms with van der Waals surface area (Å²) in [6.07, 6.45) is 3.41. The van der Waals surface area contributed by atoms with Gasteiger partial charge in [0.05, 0.1) is 4.90 Å². The number of sulfonamides is 1. The first-order valence-corrected chi connectivity index (χ1v) is 8.92. The highest BCUT2D eigenvalue weighted by Crippen LogP contribution is 2.30. The number of rotatable bonds is 7. The molecule has 5 nitrogen and oxygen atoms in total. The summed E-state index contributed by atoms with van der Waals surface area (Å²) >= 11 is 0. The molecule has 0 heterocycles. The van der Waals surface area contributed by atoms with Crippen LogP contribution in [0, 0.1) is 11.8 Å². The zero-order valence-electron chi connectivity index (χ0n) is 12.4. The van der Waals surface area contributed by atoms with E-state index < -0.39 is 10.0 Å². The molecular weight excluding hydrogens is 288 g/mol. The lowest BCUT2D eigenvalue weighted by Crippen LogP contribution is -2.28. The maximum absolute atomic E-state index is 12.2. The van der Waals surface area contributed by atoms with E-state index in [9.17, 15) is 8.42 Å². The zero-order chi connectivity index (χ0) is 15.3. The van der Waals surface area contributed by atoms with E-state index >= 15 is 0 Å². The molecule has 1 aliphatic carbocycles. The molecule has 1 aromatic rings. The Labute approximate surface area is 126 Å². The van der Waals surface area contributed by atoms with Crippen LogP contribution in [0.2, 0.25) is 0 Å². The van der Waals surface area contributed by atoms with Gasteiger partial charge in [-0.3, -0.25) is 0 Å². The number of nitrogens with one attached hydrogen (secondary N) is 1. The Balaban J connectivity index is 1.92. The second-order valence-corrected chi connectivity index (χ2v) is 7.51. The van der Waals surface area contributed by atoms with E-state index in [0.717, 1.165) is 12.8 Å². The van der Waals surface area contributed by atoms with Crippen LogP contribution in [0.1, 0.15) is 26.2 Å². The van der Waals surface area contributed by atoms with Crippen molar-refractivity contribution in [2.75, 3.05) is 19.7 Å². The average Bonchev–Trinajstić information content (AvgIpc) is 2.89. The van der Waals surface area contributed by atoms with Gasteiger partial charge < -0.3 is 10.5 Å². The lowest BCUT2D eigenvalue weighted by atomic mass is 10.1. The van der Waals surface area contributed by atoms with E-state index in [1.165, 1.54) is 6.42 Å². The average molecular weight is 312 g/mol. The Morgan fingerprint density at radius 2 is 2.00 bits per heavy atom. The summed E-state index contributed by atoms with van der Waals surface area (Å²) in [6, 6.07) is 6.43. The van der Waals surface area contributed by atoms with Crippen LogP contribution in [-0.4, -0.2) is 28.1 Å². The highest BCUT2D eigenvalue weighted by molar-refractivity contribution is 7.89. The first-order valence-electron chi connectivity index (χ1n) is 7.44. The number of nitrogens with two attached hydrogens (primary N) is 1. The van der Waals surface area contributed by atoms with Crippen LogP contribution in [0.25, 0.3) is 0 Å². The molecule has 0 saturated heterocycles. The lowest BCUT2D eigenvalue weighted by molar-refractivity contribution is 0.328. The third-order valence-electron chi connectivity index (χ3n) is 3.89. The van der Waals surface area contributed by atoms with Crippen LogP contribution in [0.3, 0.4) is 0 Å². The molecule has 6 heteroatoms. The molecule has 0 radical (unpaired) electrons. The van der Waals surface area contributed by atoms with E-state index in [1.54, 1.807) is 24.3 Å². The number of benzene rings is 1. The molecule has 0 bridgehead atoms. The van der Waals surface area contributed by atoms with Gasteiger partial charge in [0.15, 0.2) is 0 Å². The van der Waals surface area contributed by atoms with Gasteiger partial charge >= 0.3 is 0 Å². The fourth-order valence-electron chi connectivity index (χ4n) is 2.71. The van der Waals surface area contributed by atoms with Gasteiger partial charge in [0, 0.05) is 13.1 Å². The van der Waals surface area contributed by atoms with Crippen molar-refractivity contribution in [2.45, 2.75) is 31.1 Å². The largest absolute Gasteiger partial charge is 0.492 e. The topological polar surface area (TPSA) is 81.4 Å². The number of hydrogen-bond donors (Lipinski definition) is 2. The molecule has 1 aromatic carbocycles. The molecule has 3 N–H and O–H groups in total. The molecule has 21 heavy (non-hydrogen) atoms. The maximum Gasteiger partial charge on any atom is 0.240 e. The van der Waals surface area contributed by atoms with Crippen LogP contribution >= 0.6 is 0 Å². The smallest absolute Gasteiger partial charge is 0.240 e. The molecule has 0 spiro atoms. The predicted octanol–water partition coefficient (Wildman–Crippen LogP) is 1.74. The van der Waals surface area contributed by atoms with Crippen molar-refractivity contribution >= 4 is 10.0 Å². The molecule has 0 amide bonds. The third-order valence-corrected chi connectivity index (χ3v) is 5.33.